The van der Waals surface area contributed by atoms with Gasteiger partial charge in [0.15, 0.2) is 0 Å². The molecule has 47 heavy (non-hydrogen) atoms. The number of carbonyl (C=O) groups excluding carboxylic acids is 2. The van der Waals surface area contributed by atoms with Crippen molar-refractivity contribution in [2.24, 2.45) is 0 Å². The largest absolute Gasteiger partial charge is 0.495 e. The lowest BCUT2D eigenvalue weighted by Crippen LogP contribution is -2.54. The second-order valence-electron chi connectivity index (χ2n) is 11.6. The third-order valence-electron chi connectivity index (χ3n) is 8.19. The fourth-order valence-electron chi connectivity index (χ4n) is 5.14. The Labute approximate surface area is 283 Å². The summed E-state index contributed by atoms with van der Waals surface area (Å²) < 4.78 is 34.9. The van der Waals surface area contributed by atoms with E-state index < -0.39 is 28.5 Å². The maximum Gasteiger partial charge on any atom is 0.264 e. The van der Waals surface area contributed by atoms with E-state index in [-0.39, 0.29) is 40.5 Å². The summed E-state index contributed by atoms with van der Waals surface area (Å²) in [5.41, 5.74) is 3.72. The van der Waals surface area contributed by atoms with E-state index in [0.717, 1.165) is 26.6 Å². The minimum absolute atomic E-state index is 0.0173. The number of rotatable bonds is 14. The van der Waals surface area contributed by atoms with Gasteiger partial charge in [-0.05, 0) is 74.2 Å². The molecule has 0 unspecified atom stereocenters. The van der Waals surface area contributed by atoms with Crippen molar-refractivity contribution in [2.45, 2.75) is 64.1 Å². The number of carbonyl (C=O) groups is 2. The van der Waals surface area contributed by atoms with Crippen LogP contribution in [-0.2, 0) is 32.6 Å². The second-order valence-corrected chi connectivity index (χ2v) is 13.9. The van der Waals surface area contributed by atoms with Crippen molar-refractivity contribution >= 4 is 39.1 Å². The summed E-state index contributed by atoms with van der Waals surface area (Å²) in [6.45, 7) is 7.21. The van der Waals surface area contributed by atoms with E-state index in [1.54, 1.807) is 24.3 Å². The van der Waals surface area contributed by atoms with Gasteiger partial charge in [-0.1, -0.05) is 90.8 Å². The number of aryl methyl sites for hydroxylation is 2. The van der Waals surface area contributed by atoms with Gasteiger partial charge in [0, 0.05) is 19.0 Å². The highest BCUT2D eigenvalue weighted by Crippen LogP contribution is 2.32. The molecule has 0 aliphatic rings. The molecular weight excluding hydrogens is 634 g/mol. The first-order valence-electron chi connectivity index (χ1n) is 15.6. The van der Waals surface area contributed by atoms with Crippen molar-refractivity contribution < 1.29 is 22.7 Å². The zero-order valence-corrected chi connectivity index (χ0v) is 29.0. The van der Waals surface area contributed by atoms with Gasteiger partial charge in [-0.3, -0.25) is 13.9 Å². The number of sulfonamides is 1. The van der Waals surface area contributed by atoms with E-state index in [1.807, 2.05) is 82.3 Å². The van der Waals surface area contributed by atoms with E-state index >= 15 is 0 Å². The summed E-state index contributed by atoms with van der Waals surface area (Å²) >= 11 is 6.46. The molecule has 4 aromatic carbocycles. The number of benzene rings is 4. The van der Waals surface area contributed by atoms with Gasteiger partial charge in [-0.2, -0.15) is 0 Å². The molecule has 4 rings (SSSR count). The number of halogens is 1. The lowest BCUT2D eigenvalue weighted by molar-refractivity contribution is -0.140. The highest BCUT2D eigenvalue weighted by molar-refractivity contribution is 7.92. The van der Waals surface area contributed by atoms with Crippen molar-refractivity contribution in [2.75, 3.05) is 18.0 Å². The summed E-state index contributed by atoms with van der Waals surface area (Å²) in [6.07, 6.45) is 0.941. The Bertz CT molecular complexity index is 1780. The quantitative estimate of drug-likeness (QED) is 0.160. The zero-order valence-electron chi connectivity index (χ0n) is 27.4. The van der Waals surface area contributed by atoms with E-state index in [0.29, 0.717) is 12.2 Å². The van der Waals surface area contributed by atoms with Gasteiger partial charge < -0.3 is 15.0 Å². The first kappa shape index (κ1) is 35.5. The van der Waals surface area contributed by atoms with Crippen LogP contribution in [0.3, 0.4) is 0 Å². The molecule has 0 radical (unpaired) electrons. The number of anilines is 1. The second kappa shape index (κ2) is 16.0. The van der Waals surface area contributed by atoms with Crippen LogP contribution in [0.25, 0.3) is 0 Å². The molecule has 2 amide bonds. The first-order valence-corrected chi connectivity index (χ1v) is 17.4. The highest BCUT2D eigenvalue weighted by atomic mass is 35.5. The van der Waals surface area contributed by atoms with Crippen LogP contribution in [0.1, 0.15) is 42.5 Å². The van der Waals surface area contributed by atoms with E-state index in [1.165, 1.54) is 30.2 Å². The molecule has 0 spiro atoms. The Kier molecular flexibility index (Phi) is 12.1. The molecule has 0 saturated heterocycles. The van der Waals surface area contributed by atoms with Gasteiger partial charge in [0.25, 0.3) is 10.0 Å². The normalized spacial score (nSPS) is 12.6. The van der Waals surface area contributed by atoms with Gasteiger partial charge in [0.05, 0.1) is 22.7 Å². The minimum atomic E-state index is -4.26. The molecule has 0 aromatic heterocycles. The molecule has 248 valence electrons. The topological polar surface area (TPSA) is 96.0 Å². The zero-order chi connectivity index (χ0) is 34.1. The predicted molar refractivity (Wildman–Crippen MR) is 187 cm³/mol. The number of nitrogens with one attached hydrogen (secondary N) is 1. The predicted octanol–water partition coefficient (Wildman–Crippen LogP) is 6.72. The maximum atomic E-state index is 14.7. The lowest BCUT2D eigenvalue weighted by Gasteiger charge is -2.34. The first-order chi connectivity index (χ1) is 22.4. The summed E-state index contributed by atoms with van der Waals surface area (Å²) in [5.74, 6) is -0.498. The lowest BCUT2D eigenvalue weighted by atomic mass is 10.0. The van der Waals surface area contributed by atoms with Crippen LogP contribution in [0.2, 0.25) is 5.02 Å². The van der Waals surface area contributed by atoms with Crippen LogP contribution in [0.5, 0.6) is 5.75 Å². The average Bonchev–Trinajstić information content (AvgIpc) is 3.06. The Morgan fingerprint density at radius 2 is 1.57 bits per heavy atom. The van der Waals surface area contributed by atoms with Gasteiger partial charge >= 0.3 is 0 Å². The Hall–Kier alpha value is -4.34. The molecule has 0 aliphatic heterocycles. The minimum Gasteiger partial charge on any atom is -0.495 e. The van der Waals surface area contributed by atoms with Crippen molar-refractivity contribution in [3.63, 3.8) is 0 Å². The monoisotopic (exact) mass is 675 g/mol. The van der Waals surface area contributed by atoms with Crippen LogP contribution in [-0.4, -0.2) is 50.9 Å². The fraction of sp³-hybridized carbons (Fsp3) is 0.297. The van der Waals surface area contributed by atoms with E-state index in [2.05, 4.69) is 5.32 Å². The van der Waals surface area contributed by atoms with Gasteiger partial charge in [0.1, 0.15) is 18.3 Å². The summed E-state index contributed by atoms with van der Waals surface area (Å²) in [5, 5.41) is 3.24. The Balaban J connectivity index is 1.84. The average molecular weight is 676 g/mol. The number of ether oxygens (including phenoxy) is 1. The van der Waals surface area contributed by atoms with Crippen molar-refractivity contribution in [3.05, 3.63) is 124 Å². The number of nitrogens with zero attached hydrogens (tertiary/aromatic N) is 2. The molecule has 10 heteroatoms. The summed E-state index contributed by atoms with van der Waals surface area (Å²) in [7, 11) is -2.79. The molecule has 0 saturated carbocycles. The van der Waals surface area contributed by atoms with E-state index in [4.69, 9.17) is 16.3 Å². The van der Waals surface area contributed by atoms with Crippen LogP contribution in [0.4, 0.5) is 5.69 Å². The smallest absolute Gasteiger partial charge is 0.264 e. The van der Waals surface area contributed by atoms with E-state index in [9.17, 15) is 18.0 Å². The Morgan fingerprint density at radius 1 is 0.915 bits per heavy atom. The summed E-state index contributed by atoms with van der Waals surface area (Å²) in [6, 6.07) is 27.1. The maximum absolute atomic E-state index is 14.7. The standard InChI is InChI=1S/C37H42ClN3O5S/c1-6-28(4)39-37(43)34(22-29-13-8-7-9-14-29)40(24-30-15-11-10-12-27(30)3)36(42)25-41(31-18-21-35(46-5)33(38)23-31)47(44,45)32-19-16-26(2)17-20-32/h7-21,23,28,34H,6,22,24-25H2,1-5H3,(H,39,43)/t28-,34+/m1/s1. The van der Waals surface area contributed by atoms with Crippen molar-refractivity contribution in [1.29, 1.82) is 0 Å². The number of hydrogen-bond donors (Lipinski definition) is 1. The molecular formula is C37H42ClN3O5S. The number of hydrogen-bond acceptors (Lipinski definition) is 5. The summed E-state index contributed by atoms with van der Waals surface area (Å²) in [4.78, 5) is 30.2. The van der Waals surface area contributed by atoms with Gasteiger partial charge in [0.2, 0.25) is 11.8 Å². The van der Waals surface area contributed by atoms with Crippen molar-refractivity contribution in [1.82, 2.24) is 10.2 Å². The fourth-order valence-corrected chi connectivity index (χ4v) is 6.80. The van der Waals surface area contributed by atoms with Crippen molar-refractivity contribution in [3.8, 4) is 5.75 Å². The number of methoxy groups -OCH3 is 1. The Morgan fingerprint density at radius 3 is 2.19 bits per heavy atom. The molecule has 8 nitrogen and oxygen atoms in total. The molecule has 0 heterocycles. The van der Waals surface area contributed by atoms with Gasteiger partial charge in [-0.25, -0.2) is 8.42 Å². The molecule has 4 aromatic rings. The molecule has 0 bridgehead atoms. The molecule has 0 aliphatic carbocycles. The third-order valence-corrected chi connectivity index (χ3v) is 10.3. The van der Waals surface area contributed by atoms with Crippen LogP contribution in [0.15, 0.2) is 102 Å². The number of amides is 2. The SMILES string of the molecule is CC[C@@H](C)NC(=O)[C@H](Cc1ccccc1)N(Cc1ccccc1C)C(=O)CN(c1ccc(OC)c(Cl)c1)S(=O)(=O)c1ccc(C)cc1. The van der Waals surface area contributed by atoms with Crippen LogP contribution < -0.4 is 14.4 Å². The third kappa shape index (κ3) is 8.93. The van der Waals surface area contributed by atoms with Crippen LogP contribution >= 0.6 is 11.6 Å². The molecule has 2 atom stereocenters. The van der Waals surface area contributed by atoms with Crippen LogP contribution in [0, 0.1) is 13.8 Å². The van der Waals surface area contributed by atoms with Gasteiger partial charge in [-0.15, -0.1) is 0 Å². The highest BCUT2D eigenvalue weighted by Gasteiger charge is 2.35. The molecule has 0 fully saturated rings. The molecule has 1 N–H and O–H groups in total.